The third kappa shape index (κ3) is 3.63. The monoisotopic (exact) mass is 276 g/mol. The van der Waals surface area contributed by atoms with Crippen LogP contribution in [0.5, 0.6) is 0 Å². The van der Waals surface area contributed by atoms with E-state index < -0.39 is 0 Å². The fourth-order valence-corrected chi connectivity index (χ4v) is 1.86. The van der Waals surface area contributed by atoms with Crippen molar-refractivity contribution in [3.63, 3.8) is 0 Å². The molecule has 0 bridgehead atoms. The summed E-state index contributed by atoms with van der Waals surface area (Å²) in [6.07, 6.45) is 1.94. The van der Waals surface area contributed by atoms with Crippen molar-refractivity contribution in [1.29, 1.82) is 0 Å². The van der Waals surface area contributed by atoms with Gasteiger partial charge >= 0.3 is 0 Å². The first-order chi connectivity index (χ1) is 9.36. The lowest BCUT2D eigenvalue weighted by Gasteiger charge is -2.17. The van der Waals surface area contributed by atoms with Gasteiger partial charge in [-0.25, -0.2) is 9.07 Å². The summed E-state index contributed by atoms with van der Waals surface area (Å²) in [7, 11) is 0. The first-order valence-corrected chi connectivity index (χ1v) is 6.77. The second kappa shape index (κ2) is 5.71. The molecule has 1 N–H and O–H groups in total. The van der Waals surface area contributed by atoms with E-state index in [-0.39, 0.29) is 17.4 Å². The van der Waals surface area contributed by atoms with Crippen LogP contribution in [-0.2, 0) is 12.1 Å². The molecule has 0 saturated heterocycles. The lowest BCUT2D eigenvalue weighted by atomic mass is 10.1. The maximum atomic E-state index is 13.2. The maximum Gasteiger partial charge on any atom is 0.123 e. The molecule has 0 radical (unpaired) electrons. The minimum atomic E-state index is -0.213. The Kier molecular flexibility index (Phi) is 4.18. The Balaban J connectivity index is 1.97. The number of rotatable bonds is 4. The van der Waals surface area contributed by atoms with Gasteiger partial charge in [0.05, 0.1) is 17.4 Å². The Hall–Kier alpha value is -1.75. The Morgan fingerprint density at radius 3 is 2.70 bits per heavy atom. The smallest absolute Gasteiger partial charge is 0.123 e. The van der Waals surface area contributed by atoms with Gasteiger partial charge in [-0.2, -0.15) is 0 Å². The zero-order chi connectivity index (χ0) is 14.8. The van der Waals surface area contributed by atoms with E-state index in [2.05, 4.69) is 36.4 Å². The van der Waals surface area contributed by atoms with Crippen LogP contribution < -0.4 is 5.32 Å². The highest BCUT2D eigenvalue weighted by Crippen LogP contribution is 2.15. The molecule has 5 heteroatoms. The van der Waals surface area contributed by atoms with Gasteiger partial charge in [-0.05, 0) is 45.4 Å². The zero-order valence-electron chi connectivity index (χ0n) is 12.4. The first-order valence-electron chi connectivity index (χ1n) is 6.77. The van der Waals surface area contributed by atoms with Crippen LogP contribution in [0.4, 0.5) is 4.39 Å². The van der Waals surface area contributed by atoms with Gasteiger partial charge < -0.3 is 5.32 Å². The van der Waals surface area contributed by atoms with Gasteiger partial charge in [0.15, 0.2) is 0 Å². The van der Waals surface area contributed by atoms with E-state index in [1.165, 1.54) is 6.07 Å². The maximum absolute atomic E-state index is 13.2. The third-order valence-corrected chi connectivity index (χ3v) is 3.17. The lowest BCUT2D eigenvalue weighted by molar-refractivity contribution is 0.347. The summed E-state index contributed by atoms with van der Waals surface area (Å²) in [5, 5.41) is 11.6. The van der Waals surface area contributed by atoms with Gasteiger partial charge in [0.25, 0.3) is 0 Å². The quantitative estimate of drug-likeness (QED) is 0.933. The number of aromatic nitrogens is 3. The van der Waals surface area contributed by atoms with E-state index in [4.69, 9.17) is 0 Å². The Bertz CT molecular complexity index is 571. The molecule has 108 valence electrons. The minimum absolute atomic E-state index is 0.0606. The van der Waals surface area contributed by atoms with Crippen LogP contribution in [0.25, 0.3) is 0 Å². The van der Waals surface area contributed by atoms with E-state index in [0.717, 1.165) is 11.3 Å². The predicted octanol–water partition coefficient (Wildman–Crippen LogP) is 3.02. The molecule has 0 fully saturated rings. The second-order valence-corrected chi connectivity index (χ2v) is 5.98. The second-order valence-electron chi connectivity index (χ2n) is 5.98. The molecule has 20 heavy (non-hydrogen) atoms. The van der Waals surface area contributed by atoms with Crippen molar-refractivity contribution in [3.8, 4) is 0 Å². The van der Waals surface area contributed by atoms with Crippen molar-refractivity contribution in [2.24, 2.45) is 0 Å². The summed E-state index contributed by atoms with van der Waals surface area (Å²) >= 11 is 0. The summed E-state index contributed by atoms with van der Waals surface area (Å²) in [4.78, 5) is 0. The molecule has 2 rings (SSSR count). The largest absolute Gasteiger partial charge is 0.304 e. The lowest BCUT2D eigenvalue weighted by Crippen LogP contribution is -2.22. The number of benzene rings is 1. The molecule has 4 nitrogen and oxygen atoms in total. The first kappa shape index (κ1) is 14.7. The highest BCUT2D eigenvalue weighted by molar-refractivity contribution is 5.19. The third-order valence-electron chi connectivity index (χ3n) is 3.17. The number of halogens is 1. The van der Waals surface area contributed by atoms with Crippen molar-refractivity contribution >= 4 is 0 Å². The summed E-state index contributed by atoms with van der Waals surface area (Å²) in [5.41, 5.74) is 1.73. The van der Waals surface area contributed by atoms with Crippen LogP contribution in [0.3, 0.4) is 0 Å². The van der Waals surface area contributed by atoms with Crippen LogP contribution in [-0.4, -0.2) is 15.0 Å². The highest BCUT2D eigenvalue weighted by atomic mass is 19.1. The molecule has 0 amide bonds. The normalized spacial score (nSPS) is 13.4. The topological polar surface area (TPSA) is 42.7 Å². The SMILES string of the molecule is C[C@@H](NCc1cn(C(C)(C)C)nn1)c1cccc(F)c1. The molecular formula is C15H21FN4. The Morgan fingerprint density at radius 2 is 2.10 bits per heavy atom. The van der Waals surface area contributed by atoms with E-state index in [1.807, 2.05) is 23.9 Å². The molecule has 1 aromatic heterocycles. The van der Waals surface area contributed by atoms with Crippen LogP contribution in [0.1, 0.15) is 45.0 Å². The molecule has 1 aromatic carbocycles. The van der Waals surface area contributed by atoms with Gasteiger partial charge in [-0.3, -0.25) is 0 Å². The van der Waals surface area contributed by atoms with Crippen LogP contribution >= 0.6 is 0 Å². The van der Waals surface area contributed by atoms with Gasteiger partial charge in [0, 0.05) is 12.6 Å². The Labute approximate surface area is 119 Å². The Morgan fingerprint density at radius 1 is 1.35 bits per heavy atom. The number of hydrogen-bond acceptors (Lipinski definition) is 3. The molecule has 1 atom stereocenters. The van der Waals surface area contributed by atoms with Crippen molar-refractivity contribution in [2.45, 2.75) is 45.8 Å². The number of nitrogens with zero attached hydrogens (tertiary/aromatic N) is 3. The van der Waals surface area contributed by atoms with E-state index >= 15 is 0 Å². The summed E-state index contributed by atoms with van der Waals surface area (Å²) in [6, 6.07) is 6.69. The molecule has 1 heterocycles. The van der Waals surface area contributed by atoms with Crippen molar-refractivity contribution in [1.82, 2.24) is 20.3 Å². The number of nitrogens with one attached hydrogen (secondary N) is 1. The van der Waals surface area contributed by atoms with Crippen LogP contribution in [0, 0.1) is 5.82 Å². The highest BCUT2D eigenvalue weighted by Gasteiger charge is 2.15. The fraction of sp³-hybridized carbons (Fsp3) is 0.467. The van der Waals surface area contributed by atoms with E-state index in [9.17, 15) is 4.39 Å². The predicted molar refractivity (Wildman–Crippen MR) is 76.7 cm³/mol. The van der Waals surface area contributed by atoms with Crippen LogP contribution in [0.2, 0.25) is 0 Å². The van der Waals surface area contributed by atoms with Gasteiger partial charge in [-0.1, -0.05) is 17.3 Å². The molecule has 0 saturated carbocycles. The van der Waals surface area contributed by atoms with Crippen molar-refractivity contribution < 1.29 is 4.39 Å². The van der Waals surface area contributed by atoms with Gasteiger partial charge in [0.1, 0.15) is 5.82 Å². The van der Waals surface area contributed by atoms with Gasteiger partial charge in [-0.15, -0.1) is 5.10 Å². The van der Waals surface area contributed by atoms with E-state index in [1.54, 1.807) is 12.1 Å². The average molecular weight is 276 g/mol. The minimum Gasteiger partial charge on any atom is -0.304 e. The number of hydrogen-bond donors (Lipinski definition) is 1. The molecule has 0 aliphatic carbocycles. The molecule has 2 aromatic rings. The standard InChI is InChI=1S/C15H21FN4/c1-11(12-6-5-7-13(16)8-12)17-9-14-10-20(19-18-14)15(2,3)4/h5-8,10-11,17H,9H2,1-4H3/t11-/m1/s1. The summed E-state index contributed by atoms with van der Waals surface area (Å²) in [5.74, 6) is -0.213. The average Bonchev–Trinajstić information content (AvgIpc) is 2.84. The zero-order valence-corrected chi connectivity index (χ0v) is 12.4. The van der Waals surface area contributed by atoms with Crippen molar-refractivity contribution in [3.05, 3.63) is 47.5 Å². The van der Waals surface area contributed by atoms with Crippen LogP contribution in [0.15, 0.2) is 30.5 Å². The van der Waals surface area contributed by atoms with E-state index in [0.29, 0.717) is 6.54 Å². The molecule has 0 spiro atoms. The summed E-state index contributed by atoms with van der Waals surface area (Å²) < 4.78 is 15.0. The summed E-state index contributed by atoms with van der Waals surface area (Å²) in [6.45, 7) is 8.84. The molecule has 0 unspecified atom stereocenters. The molecular weight excluding hydrogens is 255 g/mol. The van der Waals surface area contributed by atoms with Crippen molar-refractivity contribution in [2.75, 3.05) is 0 Å². The molecule has 0 aliphatic rings. The fourth-order valence-electron chi connectivity index (χ4n) is 1.86. The molecule has 0 aliphatic heterocycles. The van der Waals surface area contributed by atoms with Gasteiger partial charge in [0.2, 0.25) is 0 Å².